The fourth-order valence-corrected chi connectivity index (χ4v) is 5.84. The third kappa shape index (κ3) is 5.38. The third-order valence-electron chi connectivity index (χ3n) is 7.57. The second kappa shape index (κ2) is 10.6. The van der Waals surface area contributed by atoms with Crippen molar-refractivity contribution >= 4 is 17.8 Å². The van der Waals surface area contributed by atoms with E-state index >= 15 is 0 Å². The van der Waals surface area contributed by atoms with Crippen molar-refractivity contribution in [2.75, 3.05) is 12.4 Å². The van der Waals surface area contributed by atoms with Gasteiger partial charge in [0.15, 0.2) is 11.5 Å². The second-order valence-corrected chi connectivity index (χ2v) is 11.0. The minimum Gasteiger partial charge on any atom is -0.497 e. The van der Waals surface area contributed by atoms with Crippen LogP contribution in [0.25, 0.3) is 0 Å². The first-order valence-electron chi connectivity index (χ1n) is 13.5. The molecule has 2 aromatic carbocycles. The van der Waals surface area contributed by atoms with Crippen LogP contribution in [-0.2, 0) is 16.0 Å². The number of aromatic nitrogens is 1. The summed E-state index contributed by atoms with van der Waals surface area (Å²) in [5.74, 6) is -3.53. The largest absolute Gasteiger partial charge is 0.497 e. The number of nitrogens with one attached hydrogen (secondary N) is 1. The number of methoxy groups -OCH3 is 1. The second-order valence-electron chi connectivity index (χ2n) is 11.0. The molecule has 2 aliphatic rings. The smallest absolute Gasteiger partial charge is 0.404 e. The normalized spacial score (nSPS) is 23.2. The maximum absolute atomic E-state index is 14.4. The van der Waals surface area contributed by atoms with Crippen molar-refractivity contribution in [3.05, 3.63) is 76.5 Å². The van der Waals surface area contributed by atoms with Crippen LogP contribution in [0.2, 0.25) is 0 Å². The van der Waals surface area contributed by atoms with Crippen molar-refractivity contribution in [2.24, 2.45) is 11.8 Å². The van der Waals surface area contributed by atoms with Crippen LogP contribution in [-0.4, -0.2) is 46.3 Å². The summed E-state index contributed by atoms with van der Waals surface area (Å²) >= 11 is 0. The minimum absolute atomic E-state index is 0.0864. The summed E-state index contributed by atoms with van der Waals surface area (Å²) in [5.41, 5.74) is 3.25. The maximum atomic E-state index is 14.4. The first kappa shape index (κ1) is 28.2. The van der Waals surface area contributed by atoms with Crippen LogP contribution >= 0.6 is 0 Å². The summed E-state index contributed by atoms with van der Waals surface area (Å²) < 4.78 is 30.4. The first-order valence-corrected chi connectivity index (χ1v) is 13.5. The highest BCUT2D eigenvalue weighted by Gasteiger charge is 2.49. The summed E-state index contributed by atoms with van der Waals surface area (Å²) in [5, 5.41) is 23.7. The topological polar surface area (TPSA) is 127 Å². The molecule has 0 saturated carbocycles. The lowest BCUT2D eigenvalue weighted by molar-refractivity contribution is -0.173. The van der Waals surface area contributed by atoms with Gasteiger partial charge in [-0.1, -0.05) is 25.1 Å². The van der Waals surface area contributed by atoms with Crippen molar-refractivity contribution in [1.29, 1.82) is 0 Å². The number of anilines is 1. The van der Waals surface area contributed by atoms with Gasteiger partial charge in [0.25, 0.3) is 0 Å². The third-order valence-corrected chi connectivity index (χ3v) is 7.57. The maximum Gasteiger partial charge on any atom is 0.404 e. The number of hydrogen-bond donors (Lipinski definition) is 3. The number of carbonyl (C=O) groups is 2. The number of alkyl halides is 1. The number of rotatable bonds is 9. The number of carboxylic acid groups (broad SMARTS) is 2. The van der Waals surface area contributed by atoms with Crippen molar-refractivity contribution in [1.82, 2.24) is 4.98 Å². The summed E-state index contributed by atoms with van der Waals surface area (Å²) in [6.07, 6.45) is 0.174. The van der Waals surface area contributed by atoms with Crippen LogP contribution in [0, 0.1) is 11.8 Å². The van der Waals surface area contributed by atoms with E-state index in [9.17, 15) is 24.2 Å². The summed E-state index contributed by atoms with van der Waals surface area (Å²) in [4.78, 5) is 29.8. The lowest BCUT2D eigenvalue weighted by atomic mass is 9.78. The zero-order valence-electron chi connectivity index (χ0n) is 23.5. The lowest BCUT2D eigenvalue weighted by Gasteiger charge is -2.25. The Labute approximate surface area is 237 Å². The molecule has 2 heterocycles. The lowest BCUT2D eigenvalue weighted by Crippen LogP contribution is -2.27. The molecule has 3 aromatic rings. The zero-order chi connectivity index (χ0) is 29.6. The predicted molar refractivity (Wildman–Crippen MR) is 149 cm³/mol. The van der Waals surface area contributed by atoms with Crippen molar-refractivity contribution in [3.8, 4) is 17.2 Å². The molecule has 1 aliphatic carbocycles. The zero-order valence-corrected chi connectivity index (χ0v) is 23.5. The number of benzene rings is 2. The van der Waals surface area contributed by atoms with E-state index < -0.39 is 41.7 Å². The molecule has 216 valence electrons. The molecule has 1 aromatic heterocycles. The van der Waals surface area contributed by atoms with Crippen LogP contribution in [0.4, 0.5) is 10.2 Å². The predicted octanol–water partition coefficient (Wildman–Crippen LogP) is 5.57. The number of aliphatic carboxylic acids is 2. The summed E-state index contributed by atoms with van der Waals surface area (Å²) in [7, 11) is 1.52. The number of nitrogens with zero attached hydrogens (tertiary/aromatic N) is 1. The Hall–Kier alpha value is -4.34. The molecule has 0 radical (unpaired) electrons. The number of pyridine rings is 1. The molecule has 41 heavy (non-hydrogen) atoms. The van der Waals surface area contributed by atoms with Gasteiger partial charge < -0.3 is 29.7 Å². The van der Waals surface area contributed by atoms with E-state index in [1.807, 2.05) is 26.0 Å². The Kier molecular flexibility index (Phi) is 7.27. The molecular weight excluding hydrogens is 531 g/mol. The Balaban J connectivity index is 1.70. The van der Waals surface area contributed by atoms with E-state index in [1.165, 1.54) is 7.11 Å². The van der Waals surface area contributed by atoms with Crippen molar-refractivity contribution in [2.45, 2.75) is 58.0 Å². The van der Waals surface area contributed by atoms with Crippen molar-refractivity contribution in [3.63, 3.8) is 0 Å². The van der Waals surface area contributed by atoms with Crippen LogP contribution in [0.3, 0.4) is 0 Å². The summed E-state index contributed by atoms with van der Waals surface area (Å²) in [6, 6.07) is 11.7. The molecule has 5 atom stereocenters. The number of carboxylic acids is 2. The Morgan fingerprint density at radius 2 is 1.73 bits per heavy atom. The van der Waals surface area contributed by atoms with Gasteiger partial charge in [0.1, 0.15) is 11.6 Å². The molecule has 5 rings (SSSR count). The number of ether oxygens (including phenoxy) is 3. The van der Waals surface area contributed by atoms with Crippen LogP contribution in [0.5, 0.6) is 17.2 Å². The standard InChI is InChI=1S/C31H33FN2O7/c1-15(2)33-24-11-9-21-25(17-6-10-22-23(14-17)41-31(4,32)40-22)27(30(37)38)26(28(21)34-24)20-8-7-19(39-5)13-18(20)12-16(3)29(35)36/h6-11,13-16,25-27H,12H2,1-5H3,(H,33,34)(H,35,36)(H,37,38). The quantitative estimate of drug-likeness (QED) is 0.306. The molecule has 5 unspecified atom stereocenters. The van der Waals surface area contributed by atoms with Gasteiger partial charge in [-0.2, -0.15) is 4.39 Å². The number of halogens is 1. The fourth-order valence-electron chi connectivity index (χ4n) is 5.84. The Morgan fingerprint density at radius 1 is 1.02 bits per heavy atom. The van der Waals surface area contributed by atoms with Gasteiger partial charge in [0.2, 0.25) is 0 Å². The average molecular weight is 565 g/mol. The first-order chi connectivity index (χ1) is 19.4. The molecule has 0 amide bonds. The van der Waals surface area contributed by atoms with Gasteiger partial charge in [0.05, 0.1) is 24.6 Å². The van der Waals surface area contributed by atoms with Gasteiger partial charge in [-0.05, 0) is 72.9 Å². The monoisotopic (exact) mass is 564 g/mol. The molecule has 0 spiro atoms. The highest BCUT2D eigenvalue weighted by Crippen LogP contribution is 2.54. The van der Waals surface area contributed by atoms with Gasteiger partial charge in [0, 0.05) is 24.8 Å². The number of hydrogen-bond acceptors (Lipinski definition) is 7. The minimum atomic E-state index is -2.32. The molecule has 0 bridgehead atoms. The van der Waals surface area contributed by atoms with Crippen LogP contribution in [0.1, 0.15) is 67.5 Å². The van der Waals surface area contributed by atoms with E-state index in [0.717, 1.165) is 6.92 Å². The van der Waals surface area contributed by atoms with E-state index in [2.05, 4.69) is 5.32 Å². The molecule has 0 fully saturated rings. The van der Waals surface area contributed by atoms with E-state index in [0.29, 0.717) is 39.5 Å². The molecule has 9 nitrogen and oxygen atoms in total. The van der Waals surface area contributed by atoms with E-state index in [-0.39, 0.29) is 24.0 Å². The van der Waals surface area contributed by atoms with E-state index in [1.54, 1.807) is 43.3 Å². The van der Waals surface area contributed by atoms with Crippen LogP contribution in [0.15, 0.2) is 48.5 Å². The molecule has 1 aliphatic heterocycles. The highest BCUT2D eigenvalue weighted by atomic mass is 19.2. The van der Waals surface area contributed by atoms with E-state index in [4.69, 9.17) is 19.2 Å². The molecule has 10 heteroatoms. The summed E-state index contributed by atoms with van der Waals surface area (Å²) in [6.45, 7) is 6.73. The Morgan fingerprint density at radius 3 is 2.39 bits per heavy atom. The molecule has 3 N–H and O–H groups in total. The van der Waals surface area contributed by atoms with Gasteiger partial charge in [-0.15, -0.1) is 0 Å². The Bertz CT molecular complexity index is 1510. The molecular formula is C31H33FN2O7. The number of fused-ring (bicyclic) bond motifs is 2. The highest BCUT2D eigenvalue weighted by molar-refractivity contribution is 5.78. The molecule has 0 saturated heterocycles. The van der Waals surface area contributed by atoms with Crippen LogP contribution < -0.4 is 19.5 Å². The fraction of sp³-hybridized carbons (Fsp3) is 0.387. The van der Waals surface area contributed by atoms with Gasteiger partial charge >= 0.3 is 18.0 Å². The van der Waals surface area contributed by atoms with Gasteiger partial charge in [-0.3, -0.25) is 9.59 Å². The van der Waals surface area contributed by atoms with Gasteiger partial charge in [-0.25, -0.2) is 4.98 Å². The average Bonchev–Trinajstić information content (AvgIpc) is 3.40. The van der Waals surface area contributed by atoms with Crippen molar-refractivity contribution < 1.29 is 38.4 Å². The SMILES string of the molecule is COc1ccc(C2c3nc(NC(C)C)ccc3C(c3ccc4c(c3)OC(C)(F)O4)C2C(=O)O)c(CC(C)C(=O)O)c1.